The van der Waals surface area contributed by atoms with E-state index in [1.54, 1.807) is 6.08 Å². The molecule has 0 saturated heterocycles. The van der Waals surface area contributed by atoms with Crippen LogP contribution in [0.5, 0.6) is 0 Å². The van der Waals surface area contributed by atoms with Gasteiger partial charge in [-0.2, -0.15) is 0 Å². The summed E-state index contributed by atoms with van der Waals surface area (Å²) in [5.74, 6) is 0. The van der Waals surface area contributed by atoms with Crippen LogP contribution in [0.15, 0.2) is 28.4 Å². The Morgan fingerprint density at radius 3 is 3.00 bits per heavy atom. The van der Waals surface area contributed by atoms with Crippen LogP contribution in [-0.4, -0.2) is 34.4 Å². The Morgan fingerprint density at radius 1 is 1.59 bits per heavy atom. The molecular weight excluding hydrogens is 226 g/mol. The number of hydrogen-bond acceptors (Lipinski definition) is 5. The lowest BCUT2D eigenvalue weighted by atomic mass is 10.5. The van der Waals surface area contributed by atoms with Crippen LogP contribution in [0.2, 0.25) is 0 Å². The highest BCUT2D eigenvalue weighted by Gasteiger charge is 2.03. The lowest BCUT2D eigenvalue weighted by Gasteiger charge is -2.08. The number of nitrogens with one attached hydrogen (secondary N) is 2. The monoisotopic (exact) mass is 241 g/mol. The second-order valence-corrected chi connectivity index (χ2v) is 3.20. The van der Waals surface area contributed by atoms with Gasteiger partial charge in [0.15, 0.2) is 0 Å². The normalized spacial score (nSPS) is 10.2. The third-order valence-corrected chi connectivity index (χ3v) is 1.91. The van der Waals surface area contributed by atoms with Crippen molar-refractivity contribution in [2.24, 2.45) is 0 Å². The maximum absolute atomic E-state index is 11.4. The minimum Gasteiger partial charge on any atom is -0.394 e. The highest BCUT2D eigenvalue weighted by Crippen LogP contribution is 1.94. The zero-order chi connectivity index (χ0) is 12.7. The van der Waals surface area contributed by atoms with Crippen LogP contribution in [-0.2, 0) is 11.5 Å². The quantitative estimate of drug-likeness (QED) is 0.424. The highest BCUT2D eigenvalue weighted by molar-refractivity contribution is 5.38. The number of anilines is 1. The Labute approximate surface area is 97.4 Å². The van der Waals surface area contributed by atoms with E-state index >= 15 is 0 Å². The van der Waals surface area contributed by atoms with Crippen molar-refractivity contribution in [3.8, 4) is 0 Å². The molecule has 0 atom stereocenters. The molecule has 0 aliphatic rings. The van der Waals surface area contributed by atoms with Gasteiger partial charge in [0.1, 0.15) is 12.4 Å². The predicted octanol–water partition coefficient (Wildman–Crippen LogP) is -0.899. The van der Waals surface area contributed by atoms with Gasteiger partial charge in [-0.05, 0) is 0 Å². The Hall–Kier alpha value is -1.86. The minimum absolute atomic E-state index is 0.0288. The summed E-state index contributed by atoms with van der Waals surface area (Å²) in [6.45, 7) is 3.90. The molecule has 94 valence electrons. The molecule has 0 bridgehead atoms. The fourth-order valence-electron chi connectivity index (χ4n) is 1.14. The molecule has 17 heavy (non-hydrogen) atoms. The van der Waals surface area contributed by atoms with E-state index in [0.717, 1.165) is 0 Å². The van der Waals surface area contributed by atoms with Gasteiger partial charge in [-0.1, -0.05) is 6.08 Å². The van der Waals surface area contributed by atoms with Gasteiger partial charge < -0.3 is 15.2 Å². The summed E-state index contributed by atoms with van der Waals surface area (Å²) in [6.07, 6.45) is 2.96. The van der Waals surface area contributed by atoms with Crippen molar-refractivity contribution in [1.29, 1.82) is 0 Å². The molecule has 0 aromatic carbocycles. The van der Waals surface area contributed by atoms with Gasteiger partial charge >= 0.3 is 5.69 Å². The minimum atomic E-state index is -0.558. The summed E-state index contributed by atoms with van der Waals surface area (Å²) in [4.78, 5) is 24.9. The zero-order valence-electron chi connectivity index (χ0n) is 9.31. The first kappa shape index (κ1) is 13.2. The molecule has 1 aromatic heterocycles. The Bertz CT molecular complexity index is 477. The van der Waals surface area contributed by atoms with Crippen molar-refractivity contribution >= 4 is 5.69 Å². The Morgan fingerprint density at radius 2 is 2.35 bits per heavy atom. The Balaban J connectivity index is 2.85. The van der Waals surface area contributed by atoms with Crippen molar-refractivity contribution in [3.63, 3.8) is 0 Å². The Kier molecular flexibility index (Phi) is 5.18. The molecule has 1 rings (SSSR count). The molecule has 1 heterocycles. The third-order valence-electron chi connectivity index (χ3n) is 1.91. The number of ether oxygens (including phenoxy) is 1. The van der Waals surface area contributed by atoms with Crippen LogP contribution in [0, 0.1) is 0 Å². The molecule has 0 saturated carbocycles. The molecule has 1 aromatic rings. The molecule has 7 nitrogen and oxygen atoms in total. The average Bonchev–Trinajstić information content (AvgIpc) is 2.31. The lowest BCUT2D eigenvalue weighted by Crippen LogP contribution is -2.32. The highest BCUT2D eigenvalue weighted by atomic mass is 16.5. The van der Waals surface area contributed by atoms with E-state index < -0.39 is 11.2 Å². The molecule has 7 heteroatoms. The summed E-state index contributed by atoms with van der Waals surface area (Å²) in [5, 5.41) is 11.3. The second-order valence-electron chi connectivity index (χ2n) is 3.20. The van der Waals surface area contributed by atoms with Crippen molar-refractivity contribution in [2.75, 3.05) is 25.1 Å². The van der Waals surface area contributed by atoms with Crippen LogP contribution in [0.4, 0.5) is 5.69 Å². The van der Waals surface area contributed by atoms with E-state index in [9.17, 15) is 9.59 Å². The zero-order valence-corrected chi connectivity index (χ0v) is 9.31. The first-order valence-electron chi connectivity index (χ1n) is 5.06. The van der Waals surface area contributed by atoms with Gasteiger partial charge in [-0.3, -0.25) is 14.3 Å². The molecule has 0 unspecified atom stereocenters. The summed E-state index contributed by atoms with van der Waals surface area (Å²) in [6, 6.07) is 0. The largest absolute Gasteiger partial charge is 0.394 e. The number of hydrogen-bond donors (Lipinski definition) is 3. The van der Waals surface area contributed by atoms with Crippen molar-refractivity contribution in [2.45, 2.75) is 6.73 Å². The molecule has 0 radical (unpaired) electrons. The van der Waals surface area contributed by atoms with Gasteiger partial charge in [0.25, 0.3) is 5.56 Å². The van der Waals surface area contributed by atoms with E-state index in [4.69, 9.17) is 9.84 Å². The molecule has 0 fully saturated rings. The van der Waals surface area contributed by atoms with Crippen LogP contribution >= 0.6 is 0 Å². The van der Waals surface area contributed by atoms with E-state index in [2.05, 4.69) is 16.9 Å². The molecule has 0 amide bonds. The SMILES string of the molecule is C=CCNc1cn(COCCO)c(=O)[nH]c1=O. The van der Waals surface area contributed by atoms with E-state index in [0.29, 0.717) is 6.54 Å². The summed E-state index contributed by atoms with van der Waals surface area (Å²) >= 11 is 0. The maximum atomic E-state index is 11.4. The summed E-state index contributed by atoms with van der Waals surface area (Å²) in [7, 11) is 0. The predicted molar refractivity (Wildman–Crippen MR) is 63.0 cm³/mol. The first-order valence-corrected chi connectivity index (χ1v) is 5.06. The van der Waals surface area contributed by atoms with Crippen LogP contribution in [0.25, 0.3) is 0 Å². The van der Waals surface area contributed by atoms with E-state index in [-0.39, 0.29) is 25.6 Å². The van der Waals surface area contributed by atoms with Crippen LogP contribution in [0.1, 0.15) is 0 Å². The van der Waals surface area contributed by atoms with Gasteiger partial charge in [0, 0.05) is 12.7 Å². The van der Waals surface area contributed by atoms with Crippen molar-refractivity contribution in [1.82, 2.24) is 9.55 Å². The number of aliphatic hydroxyl groups excluding tert-OH is 1. The molecule has 0 aliphatic heterocycles. The second kappa shape index (κ2) is 6.66. The maximum Gasteiger partial charge on any atom is 0.330 e. The number of aromatic nitrogens is 2. The summed E-state index contributed by atoms with van der Waals surface area (Å²) < 4.78 is 6.19. The molecule has 0 aliphatic carbocycles. The first-order chi connectivity index (χ1) is 8.19. The molecule has 3 N–H and O–H groups in total. The van der Waals surface area contributed by atoms with Crippen LogP contribution < -0.4 is 16.6 Å². The van der Waals surface area contributed by atoms with Gasteiger partial charge in [0.2, 0.25) is 0 Å². The number of aliphatic hydroxyl groups is 1. The summed E-state index contributed by atoms with van der Waals surface area (Å²) in [5.41, 5.74) is -0.788. The lowest BCUT2D eigenvalue weighted by molar-refractivity contribution is 0.0458. The van der Waals surface area contributed by atoms with Gasteiger partial charge in [-0.15, -0.1) is 6.58 Å². The third kappa shape index (κ3) is 3.89. The number of rotatable bonds is 7. The van der Waals surface area contributed by atoms with Gasteiger partial charge in [0.05, 0.1) is 13.2 Å². The van der Waals surface area contributed by atoms with Gasteiger partial charge in [-0.25, -0.2) is 4.79 Å². The number of H-pyrrole nitrogens is 1. The molecule has 0 spiro atoms. The average molecular weight is 241 g/mol. The standard InChI is InChI=1S/C10H15N3O4/c1-2-3-11-8-6-13(7-17-5-4-14)10(16)12-9(8)15/h2,6,11,14H,1,3-5,7H2,(H,12,15,16). The smallest absolute Gasteiger partial charge is 0.330 e. The van der Waals surface area contributed by atoms with E-state index in [1.165, 1.54) is 10.8 Å². The van der Waals surface area contributed by atoms with Crippen molar-refractivity contribution < 1.29 is 9.84 Å². The number of aromatic amines is 1. The fourth-order valence-corrected chi connectivity index (χ4v) is 1.14. The van der Waals surface area contributed by atoms with Crippen LogP contribution in [0.3, 0.4) is 0 Å². The van der Waals surface area contributed by atoms with Crippen molar-refractivity contribution in [3.05, 3.63) is 39.7 Å². The fraction of sp³-hybridized carbons (Fsp3) is 0.400. The van der Waals surface area contributed by atoms with E-state index in [1.807, 2.05) is 0 Å². The molecular formula is C10H15N3O4. The topological polar surface area (TPSA) is 96.3 Å². The number of nitrogens with zero attached hydrogens (tertiary/aromatic N) is 1.